The van der Waals surface area contributed by atoms with Crippen LogP contribution >= 0.6 is 0 Å². The Morgan fingerprint density at radius 1 is 0.391 bits per heavy atom. The molecule has 0 bridgehead atoms. The zero-order valence-electron chi connectivity index (χ0n) is 46.6. The van der Waals surface area contributed by atoms with E-state index in [2.05, 4.69) is 31.3 Å². The molecular formula is C63H121NO5. The summed E-state index contributed by atoms with van der Waals surface area (Å²) in [7, 11) is 0. The molecule has 408 valence electrons. The average molecular weight is 973 g/mol. The molecule has 0 spiro atoms. The van der Waals surface area contributed by atoms with Gasteiger partial charge in [0.15, 0.2) is 0 Å². The third kappa shape index (κ3) is 55.5. The Balaban J connectivity index is 3.41. The number of hydrogen-bond donors (Lipinski definition) is 3. The highest BCUT2D eigenvalue weighted by Gasteiger charge is 2.18. The van der Waals surface area contributed by atoms with E-state index in [0.29, 0.717) is 19.4 Å². The number of aliphatic hydroxyl groups is 2. The van der Waals surface area contributed by atoms with E-state index in [0.717, 1.165) is 44.9 Å². The molecule has 0 radical (unpaired) electrons. The second kappa shape index (κ2) is 58.9. The number of hydrogen-bond acceptors (Lipinski definition) is 5. The van der Waals surface area contributed by atoms with Gasteiger partial charge in [-0.2, -0.15) is 0 Å². The second-order valence-corrected chi connectivity index (χ2v) is 21.4. The Morgan fingerprint density at radius 2 is 0.681 bits per heavy atom. The van der Waals surface area contributed by atoms with Gasteiger partial charge in [0, 0.05) is 12.8 Å². The molecule has 1 amide bonds. The largest absolute Gasteiger partial charge is 0.466 e. The molecule has 6 nitrogen and oxygen atoms in total. The van der Waals surface area contributed by atoms with Crippen LogP contribution in [-0.4, -0.2) is 47.4 Å². The third-order valence-electron chi connectivity index (χ3n) is 14.5. The molecule has 2 unspecified atom stereocenters. The quantitative estimate of drug-likeness (QED) is 0.0321. The highest BCUT2D eigenvalue weighted by atomic mass is 16.5. The number of rotatable bonds is 58. The van der Waals surface area contributed by atoms with Gasteiger partial charge < -0.3 is 20.3 Å². The minimum Gasteiger partial charge on any atom is -0.466 e. The fraction of sp³-hybridized carbons (Fsp3) is 0.905. The van der Waals surface area contributed by atoms with Gasteiger partial charge in [0.1, 0.15) is 0 Å². The molecule has 0 aromatic carbocycles. The summed E-state index contributed by atoms with van der Waals surface area (Å²) in [5.41, 5.74) is 0. The summed E-state index contributed by atoms with van der Waals surface area (Å²) in [5.74, 6) is -0.0635. The molecule has 0 aromatic rings. The van der Waals surface area contributed by atoms with Crippen molar-refractivity contribution >= 4 is 11.9 Å². The SMILES string of the molecule is CCCCCCC/C=C\CCCCCCCC(=O)OCCCCCCCCCCCCCCCCCCCCCCCC(=O)NC(CO)C(O)/C=C/CCCCCCCCCCCCCCCCC. The van der Waals surface area contributed by atoms with E-state index in [4.69, 9.17) is 4.74 Å². The molecule has 0 saturated heterocycles. The molecule has 0 heterocycles. The Bertz CT molecular complexity index is 1080. The molecule has 69 heavy (non-hydrogen) atoms. The van der Waals surface area contributed by atoms with E-state index < -0.39 is 12.1 Å². The first-order valence-electron chi connectivity index (χ1n) is 31.1. The standard InChI is InChI=1S/C63H121NO5/c1-3-5-7-9-11-13-15-17-19-25-28-31-35-39-43-47-51-55-61(66)60(59-65)64-62(67)56-52-48-44-40-36-32-29-26-23-21-20-22-24-27-30-34-38-42-46-50-54-58-69-63(68)57-53-49-45-41-37-33-18-16-14-12-10-8-6-4-2/h16,18,51,55,60-61,65-66H,3-15,17,19-50,52-54,56-59H2,1-2H3,(H,64,67)/b18-16-,55-51+. The lowest BCUT2D eigenvalue weighted by atomic mass is 10.0. The molecule has 3 N–H and O–H groups in total. The number of esters is 1. The zero-order valence-corrected chi connectivity index (χ0v) is 46.6. The molecule has 0 aliphatic heterocycles. The van der Waals surface area contributed by atoms with Crippen LogP contribution in [0.1, 0.15) is 341 Å². The van der Waals surface area contributed by atoms with Crippen molar-refractivity contribution in [3.63, 3.8) is 0 Å². The van der Waals surface area contributed by atoms with Crippen LogP contribution in [0.4, 0.5) is 0 Å². The minimum atomic E-state index is -0.845. The van der Waals surface area contributed by atoms with Crippen LogP contribution in [0.2, 0.25) is 0 Å². The molecule has 0 aliphatic carbocycles. The first kappa shape index (κ1) is 67.3. The maximum atomic E-state index is 12.5. The van der Waals surface area contributed by atoms with Crippen LogP contribution in [0.3, 0.4) is 0 Å². The van der Waals surface area contributed by atoms with Crippen LogP contribution in [0, 0.1) is 0 Å². The minimum absolute atomic E-state index is 0.00320. The number of carbonyl (C=O) groups excluding carboxylic acids is 2. The topological polar surface area (TPSA) is 95.9 Å². The van der Waals surface area contributed by atoms with Gasteiger partial charge in [0.2, 0.25) is 5.91 Å². The summed E-state index contributed by atoms with van der Waals surface area (Å²) in [4.78, 5) is 24.5. The highest BCUT2D eigenvalue weighted by molar-refractivity contribution is 5.76. The van der Waals surface area contributed by atoms with Crippen molar-refractivity contribution in [1.29, 1.82) is 0 Å². The number of ether oxygens (including phenoxy) is 1. The van der Waals surface area contributed by atoms with Gasteiger partial charge in [0.05, 0.1) is 25.4 Å². The van der Waals surface area contributed by atoms with Crippen molar-refractivity contribution in [2.75, 3.05) is 13.2 Å². The van der Waals surface area contributed by atoms with Gasteiger partial charge in [-0.05, 0) is 57.8 Å². The van der Waals surface area contributed by atoms with Crippen LogP contribution in [0.5, 0.6) is 0 Å². The molecule has 6 heteroatoms. The van der Waals surface area contributed by atoms with Crippen LogP contribution in [0.25, 0.3) is 0 Å². The normalized spacial score (nSPS) is 12.7. The van der Waals surface area contributed by atoms with Crippen molar-refractivity contribution in [3.8, 4) is 0 Å². The maximum Gasteiger partial charge on any atom is 0.305 e. The number of aliphatic hydroxyl groups excluding tert-OH is 2. The molecule has 0 aromatic heterocycles. The van der Waals surface area contributed by atoms with E-state index in [1.54, 1.807) is 6.08 Å². The van der Waals surface area contributed by atoms with Crippen molar-refractivity contribution in [1.82, 2.24) is 5.32 Å². The Labute approximate surface area is 431 Å². The second-order valence-electron chi connectivity index (χ2n) is 21.4. The van der Waals surface area contributed by atoms with Crippen molar-refractivity contribution in [3.05, 3.63) is 24.3 Å². The van der Waals surface area contributed by atoms with E-state index in [1.807, 2.05) is 6.08 Å². The van der Waals surface area contributed by atoms with Gasteiger partial charge >= 0.3 is 5.97 Å². The van der Waals surface area contributed by atoms with E-state index >= 15 is 0 Å². The lowest BCUT2D eigenvalue weighted by Gasteiger charge is -2.20. The zero-order chi connectivity index (χ0) is 50.0. The summed E-state index contributed by atoms with van der Waals surface area (Å²) in [6.45, 7) is 4.91. The number of allylic oxidation sites excluding steroid dienone is 3. The van der Waals surface area contributed by atoms with E-state index in [9.17, 15) is 19.8 Å². The van der Waals surface area contributed by atoms with Gasteiger partial charge in [-0.25, -0.2) is 0 Å². The number of amides is 1. The summed E-state index contributed by atoms with van der Waals surface area (Å²) in [6, 6.07) is -0.629. The van der Waals surface area contributed by atoms with E-state index in [-0.39, 0.29) is 18.5 Å². The first-order chi connectivity index (χ1) is 34.0. The highest BCUT2D eigenvalue weighted by Crippen LogP contribution is 2.18. The molecule has 0 rings (SSSR count). The molecule has 0 saturated carbocycles. The van der Waals surface area contributed by atoms with Gasteiger partial charge in [-0.15, -0.1) is 0 Å². The Morgan fingerprint density at radius 3 is 1.03 bits per heavy atom. The monoisotopic (exact) mass is 972 g/mol. The summed E-state index contributed by atoms with van der Waals surface area (Å²) in [5, 5.41) is 23.2. The van der Waals surface area contributed by atoms with Crippen molar-refractivity contribution in [2.24, 2.45) is 0 Å². The third-order valence-corrected chi connectivity index (χ3v) is 14.5. The first-order valence-corrected chi connectivity index (χ1v) is 31.1. The van der Waals surface area contributed by atoms with Crippen molar-refractivity contribution < 1.29 is 24.5 Å². The number of carbonyl (C=O) groups is 2. The van der Waals surface area contributed by atoms with Crippen LogP contribution < -0.4 is 5.32 Å². The predicted molar refractivity (Wildman–Crippen MR) is 301 cm³/mol. The van der Waals surface area contributed by atoms with E-state index in [1.165, 1.54) is 270 Å². The molecule has 0 aliphatic rings. The predicted octanol–water partition coefficient (Wildman–Crippen LogP) is 19.4. The van der Waals surface area contributed by atoms with Crippen LogP contribution in [0.15, 0.2) is 24.3 Å². The molecule has 0 fully saturated rings. The smallest absolute Gasteiger partial charge is 0.305 e. The fourth-order valence-corrected chi connectivity index (χ4v) is 9.69. The lowest BCUT2D eigenvalue weighted by Crippen LogP contribution is -2.45. The fourth-order valence-electron chi connectivity index (χ4n) is 9.69. The Kier molecular flexibility index (Phi) is 57.5. The number of nitrogens with one attached hydrogen (secondary N) is 1. The summed E-state index contributed by atoms with van der Waals surface area (Å²) >= 11 is 0. The maximum absolute atomic E-state index is 12.5. The van der Waals surface area contributed by atoms with Gasteiger partial charge in [-0.3, -0.25) is 9.59 Å². The van der Waals surface area contributed by atoms with Gasteiger partial charge in [-0.1, -0.05) is 295 Å². The molecular weight excluding hydrogens is 851 g/mol. The van der Waals surface area contributed by atoms with Crippen LogP contribution in [-0.2, 0) is 14.3 Å². The van der Waals surface area contributed by atoms with Gasteiger partial charge in [0.25, 0.3) is 0 Å². The molecule has 2 atom stereocenters. The average Bonchev–Trinajstić information content (AvgIpc) is 3.35. The van der Waals surface area contributed by atoms with Crippen molar-refractivity contribution in [2.45, 2.75) is 353 Å². The number of unbranched alkanes of at least 4 members (excludes halogenated alkanes) is 45. The summed E-state index contributed by atoms with van der Waals surface area (Å²) < 4.78 is 5.48. The summed E-state index contributed by atoms with van der Waals surface area (Å²) in [6.07, 6.45) is 72.1. The Hall–Kier alpha value is -1.66. The lowest BCUT2D eigenvalue weighted by molar-refractivity contribution is -0.143.